The maximum Gasteiger partial charge on any atom is 0.237 e. The molecular weight excluding hydrogens is 420 g/mol. The molecule has 1 atom stereocenters. The van der Waals surface area contributed by atoms with E-state index >= 15 is 0 Å². The van der Waals surface area contributed by atoms with Gasteiger partial charge in [0.15, 0.2) is 11.0 Å². The molecule has 0 saturated heterocycles. The van der Waals surface area contributed by atoms with Crippen molar-refractivity contribution in [2.24, 2.45) is 0 Å². The molecule has 0 aliphatic heterocycles. The van der Waals surface area contributed by atoms with Crippen LogP contribution in [-0.4, -0.2) is 39.6 Å². The van der Waals surface area contributed by atoms with Gasteiger partial charge in [-0.1, -0.05) is 65.9 Å². The normalized spacial score (nSPS) is 12.1. The number of aryl methyl sites for hydroxylation is 1. The summed E-state index contributed by atoms with van der Waals surface area (Å²) in [6, 6.07) is 22.2. The van der Waals surface area contributed by atoms with E-state index in [1.54, 1.807) is 7.11 Å². The molecule has 32 heavy (non-hydrogen) atoms. The fourth-order valence-corrected chi connectivity index (χ4v) is 4.36. The van der Waals surface area contributed by atoms with Crippen LogP contribution in [0.25, 0.3) is 22.2 Å². The van der Waals surface area contributed by atoms with Crippen LogP contribution >= 0.6 is 11.8 Å². The van der Waals surface area contributed by atoms with Crippen LogP contribution in [0.15, 0.2) is 71.9 Å². The maximum atomic E-state index is 12.9. The monoisotopic (exact) mass is 446 g/mol. The molecular formula is C25H26N4O2S. The summed E-state index contributed by atoms with van der Waals surface area (Å²) in [6.07, 6.45) is 0. The Labute approximate surface area is 192 Å². The number of ether oxygens (including phenoxy) is 1. The second kappa shape index (κ2) is 9.97. The Bertz CT molecular complexity index is 1240. The number of nitrogens with one attached hydrogen (secondary N) is 1. The molecule has 0 radical (unpaired) electrons. The summed E-state index contributed by atoms with van der Waals surface area (Å²) in [5.41, 5.74) is 2.93. The van der Waals surface area contributed by atoms with Crippen molar-refractivity contribution >= 4 is 34.1 Å². The van der Waals surface area contributed by atoms with E-state index in [1.165, 1.54) is 11.8 Å². The third kappa shape index (κ3) is 5.00. The fourth-order valence-electron chi connectivity index (χ4n) is 3.48. The number of rotatable bonds is 8. The summed E-state index contributed by atoms with van der Waals surface area (Å²) >= 11 is 1.39. The van der Waals surface area contributed by atoms with E-state index in [2.05, 4.69) is 27.6 Å². The predicted molar refractivity (Wildman–Crippen MR) is 130 cm³/mol. The van der Waals surface area contributed by atoms with Gasteiger partial charge in [0.25, 0.3) is 0 Å². The summed E-state index contributed by atoms with van der Waals surface area (Å²) in [7, 11) is 1.67. The van der Waals surface area contributed by atoms with Crippen LogP contribution in [0.1, 0.15) is 12.5 Å². The first-order valence-electron chi connectivity index (χ1n) is 10.5. The van der Waals surface area contributed by atoms with E-state index in [4.69, 9.17) is 4.74 Å². The van der Waals surface area contributed by atoms with Crippen LogP contribution in [0, 0.1) is 6.92 Å². The Morgan fingerprint density at radius 1 is 1.06 bits per heavy atom. The van der Waals surface area contributed by atoms with Gasteiger partial charge < -0.3 is 10.1 Å². The largest absolute Gasteiger partial charge is 0.383 e. The van der Waals surface area contributed by atoms with Crippen molar-refractivity contribution in [3.8, 4) is 11.4 Å². The van der Waals surface area contributed by atoms with Crippen molar-refractivity contribution < 1.29 is 9.53 Å². The number of aromatic nitrogens is 3. The van der Waals surface area contributed by atoms with Crippen molar-refractivity contribution in [2.45, 2.75) is 30.8 Å². The summed E-state index contributed by atoms with van der Waals surface area (Å²) in [4.78, 5) is 12.9. The number of fused-ring (bicyclic) bond motifs is 1. The molecule has 0 spiro atoms. The smallest absolute Gasteiger partial charge is 0.237 e. The van der Waals surface area contributed by atoms with Crippen LogP contribution in [0.4, 0.5) is 5.69 Å². The standard InChI is InChI=1S/C25H26N4O2S/c1-17-7-6-10-21(15-17)23-27-28-25(29(23)13-14-31-3)32-18(2)24(30)26-22-12-11-19-8-4-5-9-20(19)16-22/h4-12,15-16,18H,13-14H2,1-3H3,(H,26,30)/t18-/m1/s1. The maximum absolute atomic E-state index is 12.9. The lowest BCUT2D eigenvalue weighted by Crippen LogP contribution is -2.23. The molecule has 4 rings (SSSR count). The molecule has 164 valence electrons. The quantitative estimate of drug-likeness (QED) is 0.378. The Morgan fingerprint density at radius 2 is 1.88 bits per heavy atom. The van der Waals surface area contributed by atoms with Gasteiger partial charge in [0.05, 0.1) is 18.4 Å². The molecule has 0 saturated carbocycles. The number of anilines is 1. The Balaban J connectivity index is 1.52. The van der Waals surface area contributed by atoms with Gasteiger partial charge in [-0.2, -0.15) is 0 Å². The Morgan fingerprint density at radius 3 is 2.66 bits per heavy atom. The second-order valence-electron chi connectivity index (χ2n) is 7.63. The van der Waals surface area contributed by atoms with Crippen molar-refractivity contribution in [1.82, 2.24) is 14.8 Å². The number of nitrogens with zero attached hydrogens (tertiary/aromatic N) is 3. The van der Waals surface area contributed by atoms with Gasteiger partial charge in [-0.25, -0.2) is 0 Å². The fraction of sp³-hybridized carbons (Fsp3) is 0.240. The molecule has 0 fully saturated rings. The lowest BCUT2D eigenvalue weighted by molar-refractivity contribution is -0.115. The van der Waals surface area contributed by atoms with E-state index in [-0.39, 0.29) is 11.2 Å². The van der Waals surface area contributed by atoms with Gasteiger partial charge in [0, 0.05) is 18.4 Å². The average Bonchev–Trinajstić information content (AvgIpc) is 3.19. The lowest BCUT2D eigenvalue weighted by Gasteiger charge is -2.14. The minimum absolute atomic E-state index is 0.0799. The second-order valence-corrected chi connectivity index (χ2v) is 8.94. The molecule has 0 aliphatic carbocycles. The van der Waals surface area contributed by atoms with Crippen LogP contribution in [0.5, 0.6) is 0 Å². The molecule has 0 aliphatic rings. The number of hydrogen-bond acceptors (Lipinski definition) is 5. The molecule has 0 unspecified atom stereocenters. The molecule has 3 aromatic carbocycles. The first-order chi connectivity index (χ1) is 15.5. The molecule has 4 aromatic rings. The number of amides is 1. The minimum atomic E-state index is -0.350. The van der Waals surface area contributed by atoms with Crippen molar-refractivity contribution in [2.75, 3.05) is 19.0 Å². The van der Waals surface area contributed by atoms with Crippen LogP contribution in [0.3, 0.4) is 0 Å². The van der Waals surface area contributed by atoms with Gasteiger partial charge in [0.2, 0.25) is 5.91 Å². The number of carbonyl (C=O) groups is 1. The van der Waals surface area contributed by atoms with E-state index in [1.807, 2.05) is 73.0 Å². The zero-order valence-corrected chi connectivity index (χ0v) is 19.2. The number of methoxy groups -OCH3 is 1. The molecule has 6 nitrogen and oxygen atoms in total. The number of hydrogen-bond donors (Lipinski definition) is 1. The molecule has 0 bridgehead atoms. The van der Waals surface area contributed by atoms with E-state index in [9.17, 15) is 4.79 Å². The van der Waals surface area contributed by atoms with Gasteiger partial charge in [-0.05, 0) is 42.8 Å². The third-order valence-electron chi connectivity index (χ3n) is 5.18. The van der Waals surface area contributed by atoms with Crippen molar-refractivity contribution in [3.63, 3.8) is 0 Å². The first kappa shape index (κ1) is 22.0. The van der Waals surface area contributed by atoms with E-state index in [0.29, 0.717) is 18.3 Å². The summed E-state index contributed by atoms with van der Waals surface area (Å²) < 4.78 is 7.30. The number of carbonyl (C=O) groups excluding carboxylic acids is 1. The molecule has 1 amide bonds. The number of benzene rings is 3. The summed E-state index contributed by atoms with van der Waals surface area (Å²) in [5.74, 6) is 0.694. The highest BCUT2D eigenvalue weighted by Gasteiger charge is 2.21. The minimum Gasteiger partial charge on any atom is -0.383 e. The highest BCUT2D eigenvalue weighted by atomic mass is 32.2. The highest BCUT2D eigenvalue weighted by molar-refractivity contribution is 8.00. The zero-order valence-electron chi connectivity index (χ0n) is 18.4. The van der Waals surface area contributed by atoms with E-state index in [0.717, 1.165) is 33.4 Å². The average molecular weight is 447 g/mol. The van der Waals surface area contributed by atoms with Crippen molar-refractivity contribution in [1.29, 1.82) is 0 Å². The highest BCUT2D eigenvalue weighted by Crippen LogP contribution is 2.28. The summed E-state index contributed by atoms with van der Waals surface area (Å²) in [5, 5.41) is 14.4. The van der Waals surface area contributed by atoms with Gasteiger partial charge in [-0.15, -0.1) is 10.2 Å². The topological polar surface area (TPSA) is 69.0 Å². The van der Waals surface area contributed by atoms with E-state index < -0.39 is 0 Å². The van der Waals surface area contributed by atoms with Gasteiger partial charge in [0.1, 0.15) is 0 Å². The summed E-state index contributed by atoms with van der Waals surface area (Å²) in [6.45, 7) is 5.06. The van der Waals surface area contributed by atoms with Crippen molar-refractivity contribution in [3.05, 3.63) is 72.3 Å². The van der Waals surface area contributed by atoms with Gasteiger partial charge >= 0.3 is 0 Å². The van der Waals surface area contributed by atoms with Crippen LogP contribution in [-0.2, 0) is 16.1 Å². The predicted octanol–water partition coefficient (Wildman–Crippen LogP) is 5.17. The first-order valence-corrected chi connectivity index (χ1v) is 11.4. The Hall–Kier alpha value is -3.16. The molecule has 7 heteroatoms. The third-order valence-corrected chi connectivity index (χ3v) is 6.26. The molecule has 1 N–H and O–H groups in total. The van der Waals surface area contributed by atoms with Crippen LogP contribution < -0.4 is 5.32 Å². The zero-order chi connectivity index (χ0) is 22.5. The Kier molecular flexibility index (Phi) is 6.87. The lowest BCUT2D eigenvalue weighted by atomic mass is 10.1. The molecule has 1 aromatic heterocycles. The van der Waals surface area contributed by atoms with Crippen LogP contribution in [0.2, 0.25) is 0 Å². The SMILES string of the molecule is COCCn1c(S[C@H](C)C(=O)Nc2ccc3ccccc3c2)nnc1-c1cccc(C)c1. The number of thioether (sulfide) groups is 1. The molecule has 1 heterocycles. The van der Waals surface area contributed by atoms with Gasteiger partial charge in [-0.3, -0.25) is 9.36 Å².